The molecule has 0 saturated heterocycles. The van der Waals surface area contributed by atoms with Gasteiger partial charge in [-0.3, -0.25) is 9.59 Å². The Hall–Kier alpha value is -2.03. The summed E-state index contributed by atoms with van der Waals surface area (Å²) in [5.41, 5.74) is -2.75. The average molecular weight is 496 g/mol. The van der Waals surface area contributed by atoms with Crippen LogP contribution in [0.1, 0.15) is 26.2 Å². The second kappa shape index (κ2) is 14.2. The molecule has 0 aliphatic carbocycles. The lowest BCUT2D eigenvalue weighted by Crippen LogP contribution is -2.55. The molecule has 0 amide bonds. The number of aromatic nitrogens is 3. The van der Waals surface area contributed by atoms with Gasteiger partial charge in [0, 0.05) is 18.6 Å². The molecule has 0 radical (unpaired) electrons. The van der Waals surface area contributed by atoms with E-state index < -0.39 is 48.4 Å². The maximum atomic E-state index is 12.5. The maximum absolute atomic E-state index is 12.5. The van der Waals surface area contributed by atoms with Crippen molar-refractivity contribution in [2.45, 2.75) is 51.5 Å². The van der Waals surface area contributed by atoms with E-state index in [-0.39, 0.29) is 25.4 Å². The van der Waals surface area contributed by atoms with Crippen molar-refractivity contribution >= 4 is 33.5 Å². The lowest BCUT2D eigenvalue weighted by atomic mass is 10.3. The van der Waals surface area contributed by atoms with Crippen molar-refractivity contribution in [1.29, 1.82) is 0 Å². The van der Waals surface area contributed by atoms with Gasteiger partial charge in [0.25, 0.3) is 0 Å². The van der Waals surface area contributed by atoms with Crippen molar-refractivity contribution in [2.24, 2.45) is 7.05 Å². The summed E-state index contributed by atoms with van der Waals surface area (Å²) in [5, 5.41) is 19.9. The van der Waals surface area contributed by atoms with E-state index in [1.165, 1.54) is 35.7 Å². The molecular weight excluding hydrogens is 466 g/mol. The van der Waals surface area contributed by atoms with Crippen LogP contribution in [-0.2, 0) is 39.2 Å². The SMILES string of the molecule is CCC(O)Cn1c(=O)n(C)c(=O)n(CC(O)COC(=O)CCSSCCC(=O)OC)c1=O. The van der Waals surface area contributed by atoms with Crippen molar-refractivity contribution < 1.29 is 29.3 Å². The molecule has 2 unspecified atom stereocenters. The molecule has 0 fully saturated rings. The second-order valence-corrected chi connectivity index (χ2v) is 9.45. The highest BCUT2D eigenvalue weighted by atomic mass is 33.1. The molecule has 14 heteroatoms. The predicted octanol–water partition coefficient (Wildman–Crippen LogP) is -1.28. The van der Waals surface area contributed by atoms with E-state index in [0.29, 0.717) is 27.1 Å². The number of esters is 2. The quantitative estimate of drug-likeness (QED) is 0.180. The molecule has 0 aliphatic rings. The number of ether oxygens (including phenoxy) is 2. The number of aliphatic hydroxyl groups is 2. The lowest BCUT2D eigenvalue weighted by Gasteiger charge is -2.16. The molecule has 1 aromatic rings. The van der Waals surface area contributed by atoms with E-state index in [1.807, 2.05) is 0 Å². The first kappa shape index (κ1) is 28.0. The van der Waals surface area contributed by atoms with Gasteiger partial charge in [-0.25, -0.2) is 28.1 Å². The monoisotopic (exact) mass is 495 g/mol. The molecular formula is C18H29N3O9S2. The highest BCUT2D eigenvalue weighted by molar-refractivity contribution is 8.76. The smallest absolute Gasteiger partial charge is 0.336 e. The van der Waals surface area contributed by atoms with Gasteiger partial charge < -0.3 is 19.7 Å². The molecule has 12 nitrogen and oxygen atoms in total. The summed E-state index contributed by atoms with van der Waals surface area (Å²) in [6, 6.07) is 0. The first-order chi connectivity index (χ1) is 15.1. The summed E-state index contributed by atoms with van der Waals surface area (Å²) >= 11 is 0. The number of rotatable bonds is 14. The van der Waals surface area contributed by atoms with Crippen molar-refractivity contribution in [3.05, 3.63) is 31.5 Å². The molecule has 1 rings (SSSR count). The number of aliphatic hydroxyl groups excluding tert-OH is 2. The van der Waals surface area contributed by atoms with E-state index in [1.54, 1.807) is 6.92 Å². The number of hydrogen-bond donors (Lipinski definition) is 2. The van der Waals surface area contributed by atoms with Crippen molar-refractivity contribution in [3.8, 4) is 0 Å². The number of methoxy groups -OCH3 is 1. The van der Waals surface area contributed by atoms with Crippen molar-refractivity contribution in [3.63, 3.8) is 0 Å². The highest BCUT2D eigenvalue weighted by Crippen LogP contribution is 2.22. The number of nitrogens with zero attached hydrogens (tertiary/aromatic N) is 3. The van der Waals surface area contributed by atoms with Crippen LogP contribution in [0.15, 0.2) is 14.4 Å². The average Bonchev–Trinajstić information content (AvgIpc) is 2.78. The van der Waals surface area contributed by atoms with Gasteiger partial charge in [-0.15, -0.1) is 0 Å². The summed E-state index contributed by atoms with van der Waals surface area (Å²) in [4.78, 5) is 59.7. The van der Waals surface area contributed by atoms with E-state index in [4.69, 9.17) is 4.74 Å². The molecule has 0 saturated carbocycles. The Kier molecular flexibility index (Phi) is 12.4. The molecule has 2 atom stereocenters. The van der Waals surface area contributed by atoms with Crippen LogP contribution in [0.5, 0.6) is 0 Å². The molecule has 1 aromatic heterocycles. The third-order valence-electron chi connectivity index (χ3n) is 4.28. The number of hydrogen-bond acceptors (Lipinski definition) is 11. The zero-order chi connectivity index (χ0) is 24.3. The van der Waals surface area contributed by atoms with Crippen molar-refractivity contribution in [2.75, 3.05) is 25.2 Å². The van der Waals surface area contributed by atoms with Crippen LogP contribution in [0, 0.1) is 0 Å². The number of carbonyl (C=O) groups is 2. The predicted molar refractivity (Wildman–Crippen MR) is 120 cm³/mol. The third kappa shape index (κ3) is 8.84. The van der Waals surface area contributed by atoms with Crippen LogP contribution in [0.25, 0.3) is 0 Å². The summed E-state index contributed by atoms with van der Waals surface area (Å²) in [5.74, 6) is 0.108. The van der Waals surface area contributed by atoms with E-state index in [0.717, 1.165) is 4.57 Å². The first-order valence-electron chi connectivity index (χ1n) is 9.85. The first-order valence-corrected chi connectivity index (χ1v) is 12.3. The topological polar surface area (TPSA) is 159 Å². The van der Waals surface area contributed by atoms with Gasteiger partial charge in [-0.1, -0.05) is 28.5 Å². The summed E-state index contributed by atoms with van der Waals surface area (Å²) in [6.07, 6.45) is -1.66. The second-order valence-electron chi connectivity index (χ2n) is 6.75. The van der Waals surface area contributed by atoms with Gasteiger partial charge >= 0.3 is 29.0 Å². The molecule has 0 aromatic carbocycles. The minimum atomic E-state index is -1.35. The van der Waals surface area contributed by atoms with Gasteiger partial charge in [0.15, 0.2) is 0 Å². The molecule has 182 valence electrons. The zero-order valence-corrected chi connectivity index (χ0v) is 19.9. The van der Waals surface area contributed by atoms with E-state index in [9.17, 15) is 34.2 Å². The van der Waals surface area contributed by atoms with Gasteiger partial charge in [0.1, 0.15) is 12.7 Å². The van der Waals surface area contributed by atoms with Crippen LogP contribution >= 0.6 is 21.6 Å². The van der Waals surface area contributed by atoms with Crippen LogP contribution < -0.4 is 17.1 Å². The molecule has 0 aliphatic heterocycles. The fourth-order valence-electron chi connectivity index (χ4n) is 2.40. The summed E-state index contributed by atoms with van der Waals surface area (Å²) in [7, 11) is 5.30. The van der Waals surface area contributed by atoms with Gasteiger partial charge in [-0.2, -0.15) is 0 Å². The van der Waals surface area contributed by atoms with Crippen molar-refractivity contribution in [1.82, 2.24) is 13.7 Å². The van der Waals surface area contributed by atoms with Gasteiger partial charge in [0.05, 0.1) is 39.1 Å². The van der Waals surface area contributed by atoms with E-state index >= 15 is 0 Å². The Morgan fingerprint density at radius 2 is 1.41 bits per heavy atom. The standard InChI is InChI=1S/C18H29N3O9S2/c1-4-12(22)9-20-16(26)19(2)17(27)21(18(20)28)10-13(23)11-30-15(25)6-8-32-31-7-5-14(24)29-3/h12-13,22-23H,4-11H2,1-3H3. The zero-order valence-electron chi connectivity index (χ0n) is 18.2. The normalized spacial score (nSPS) is 12.9. The fourth-order valence-corrected chi connectivity index (χ4v) is 4.34. The van der Waals surface area contributed by atoms with Gasteiger partial charge in [0.2, 0.25) is 0 Å². The summed E-state index contributed by atoms with van der Waals surface area (Å²) in [6.45, 7) is 0.460. The van der Waals surface area contributed by atoms with E-state index in [2.05, 4.69) is 4.74 Å². The lowest BCUT2D eigenvalue weighted by molar-refractivity contribution is -0.146. The highest BCUT2D eigenvalue weighted by Gasteiger charge is 2.18. The summed E-state index contributed by atoms with van der Waals surface area (Å²) < 4.78 is 11.6. The largest absolute Gasteiger partial charge is 0.469 e. The molecule has 0 bridgehead atoms. The van der Waals surface area contributed by atoms with Gasteiger partial charge in [-0.05, 0) is 6.42 Å². The minimum absolute atomic E-state index is 0.0735. The minimum Gasteiger partial charge on any atom is -0.469 e. The molecule has 2 N–H and O–H groups in total. The molecule has 1 heterocycles. The molecule has 32 heavy (non-hydrogen) atoms. The van der Waals surface area contributed by atoms with Crippen LogP contribution in [0.4, 0.5) is 0 Å². The fraction of sp³-hybridized carbons (Fsp3) is 0.722. The van der Waals surface area contributed by atoms with Crippen LogP contribution in [0.3, 0.4) is 0 Å². The Bertz CT molecular complexity index is 941. The Balaban J connectivity index is 2.59. The third-order valence-corrected chi connectivity index (χ3v) is 6.69. The Labute approximate surface area is 191 Å². The Morgan fingerprint density at radius 3 is 1.91 bits per heavy atom. The number of carbonyl (C=O) groups excluding carboxylic acids is 2. The van der Waals surface area contributed by atoms with Crippen LogP contribution in [0.2, 0.25) is 0 Å². The molecule has 0 spiro atoms. The van der Waals surface area contributed by atoms with Crippen LogP contribution in [-0.4, -0.2) is 73.3 Å². The Morgan fingerprint density at radius 1 is 0.906 bits per heavy atom. The maximum Gasteiger partial charge on any atom is 0.336 e.